The van der Waals surface area contributed by atoms with Crippen LogP contribution < -0.4 is 0 Å². The predicted molar refractivity (Wildman–Crippen MR) is 188 cm³/mol. The maximum Gasteiger partial charge on any atom is 0.165 e. The summed E-state index contributed by atoms with van der Waals surface area (Å²) < 4.78 is 2.43. The fraction of sp³-hybridized carbons (Fsp3) is 0.143. The van der Waals surface area contributed by atoms with Gasteiger partial charge in [-0.05, 0) is 56.6 Å². The van der Waals surface area contributed by atoms with Gasteiger partial charge in [0.2, 0.25) is 0 Å². The van der Waals surface area contributed by atoms with E-state index in [0.29, 0.717) is 0 Å². The Morgan fingerprint density at radius 2 is 1.13 bits per heavy atom. The van der Waals surface area contributed by atoms with Crippen molar-refractivity contribution >= 4 is 43.6 Å². The average molecular weight is 580 g/mol. The second kappa shape index (κ2) is 9.12. The number of hydrogen-bond donors (Lipinski definition) is 0. The van der Waals surface area contributed by atoms with Crippen LogP contribution in [0.3, 0.4) is 0 Å². The van der Waals surface area contributed by atoms with Crippen LogP contribution in [0.15, 0.2) is 127 Å². The summed E-state index contributed by atoms with van der Waals surface area (Å²) >= 11 is 0. The molecule has 0 atom stereocenters. The van der Waals surface area contributed by atoms with Crippen molar-refractivity contribution in [2.45, 2.75) is 38.5 Å². The summed E-state index contributed by atoms with van der Waals surface area (Å²) in [5.41, 5.74) is 11.1. The van der Waals surface area contributed by atoms with E-state index < -0.39 is 0 Å². The molecule has 0 radical (unpaired) electrons. The first kappa shape index (κ1) is 26.2. The number of benzene rings is 6. The zero-order valence-electron chi connectivity index (χ0n) is 26.0. The van der Waals surface area contributed by atoms with E-state index >= 15 is 0 Å². The molecule has 8 aromatic rings. The van der Waals surface area contributed by atoms with Crippen LogP contribution in [-0.2, 0) is 10.8 Å². The molecular weight excluding hydrogens is 546 g/mol. The summed E-state index contributed by atoms with van der Waals surface area (Å²) in [5, 5.41) is 5.07. The molecule has 1 aliphatic rings. The van der Waals surface area contributed by atoms with Crippen LogP contribution >= 0.6 is 0 Å². The van der Waals surface area contributed by atoms with Crippen LogP contribution in [0.1, 0.15) is 38.8 Å². The smallest absolute Gasteiger partial charge is 0.165 e. The Hall–Kier alpha value is -5.28. The normalized spacial score (nSPS) is 15.0. The van der Waals surface area contributed by atoms with Crippen LogP contribution in [-0.4, -0.2) is 14.5 Å². The minimum absolute atomic E-state index is 0.134. The third-order valence-electron chi connectivity index (χ3n) is 10.7. The van der Waals surface area contributed by atoms with Crippen molar-refractivity contribution in [2.24, 2.45) is 0 Å². The quantitative estimate of drug-likeness (QED) is 0.204. The fourth-order valence-electron chi connectivity index (χ4n) is 7.86. The van der Waals surface area contributed by atoms with E-state index in [1.54, 1.807) is 0 Å². The lowest BCUT2D eigenvalue weighted by molar-refractivity contribution is 0.301. The maximum absolute atomic E-state index is 5.45. The molecule has 2 heterocycles. The molecule has 0 fully saturated rings. The maximum atomic E-state index is 5.45. The number of nitrogens with zero attached hydrogens (tertiary/aromatic N) is 3. The molecule has 0 saturated carbocycles. The Morgan fingerprint density at radius 3 is 1.91 bits per heavy atom. The first-order chi connectivity index (χ1) is 21.9. The molecular formula is C42H33N3. The summed E-state index contributed by atoms with van der Waals surface area (Å²) in [6.07, 6.45) is 0. The van der Waals surface area contributed by atoms with E-state index in [1.807, 2.05) is 12.1 Å². The minimum atomic E-state index is -0.220. The zero-order chi connectivity index (χ0) is 30.5. The van der Waals surface area contributed by atoms with Gasteiger partial charge in [-0.3, -0.25) is 4.57 Å². The molecule has 2 aromatic heterocycles. The van der Waals surface area contributed by atoms with Gasteiger partial charge in [0.1, 0.15) is 5.69 Å². The molecule has 0 saturated heterocycles. The number of aromatic nitrogens is 3. The highest BCUT2D eigenvalue weighted by molar-refractivity contribution is 6.26. The van der Waals surface area contributed by atoms with E-state index in [9.17, 15) is 0 Å². The van der Waals surface area contributed by atoms with E-state index in [0.717, 1.165) is 33.6 Å². The molecule has 45 heavy (non-hydrogen) atoms. The second-order valence-electron chi connectivity index (χ2n) is 13.4. The molecule has 0 aliphatic heterocycles. The Balaban J connectivity index is 1.58. The topological polar surface area (TPSA) is 30.7 Å². The number of rotatable bonds is 2. The fourth-order valence-corrected chi connectivity index (χ4v) is 7.86. The van der Waals surface area contributed by atoms with E-state index in [-0.39, 0.29) is 10.8 Å². The van der Waals surface area contributed by atoms with Gasteiger partial charge in [-0.1, -0.05) is 137 Å². The SMILES string of the molecule is CC1(C)c2ccccc2-c2c(c3c(c4ccccc24)c2ccccc2n3-c2nc3ccccc3nc2-c2ccccc2)C1(C)C. The monoisotopic (exact) mass is 579 g/mol. The van der Waals surface area contributed by atoms with E-state index in [1.165, 1.54) is 49.3 Å². The minimum Gasteiger partial charge on any atom is -0.292 e. The Bertz CT molecular complexity index is 2480. The Kier molecular flexibility index (Phi) is 5.30. The first-order valence-corrected chi connectivity index (χ1v) is 15.8. The summed E-state index contributed by atoms with van der Waals surface area (Å²) in [7, 11) is 0. The zero-order valence-corrected chi connectivity index (χ0v) is 26.0. The lowest BCUT2D eigenvalue weighted by Crippen LogP contribution is -2.44. The largest absolute Gasteiger partial charge is 0.292 e. The van der Waals surface area contributed by atoms with Crippen molar-refractivity contribution in [3.63, 3.8) is 0 Å². The number of fused-ring (bicyclic) bond motifs is 11. The highest BCUT2D eigenvalue weighted by atomic mass is 15.1. The summed E-state index contributed by atoms with van der Waals surface area (Å²) in [4.78, 5) is 10.8. The Morgan fingerprint density at radius 1 is 0.533 bits per heavy atom. The molecule has 0 amide bonds. The summed E-state index contributed by atoms with van der Waals surface area (Å²) in [5.74, 6) is 0.857. The molecule has 216 valence electrons. The van der Waals surface area contributed by atoms with Crippen molar-refractivity contribution in [1.29, 1.82) is 0 Å². The van der Waals surface area contributed by atoms with E-state index in [4.69, 9.17) is 9.97 Å². The standard InChI is InChI=1S/C42H33N3/c1-41(2)31-22-12-10-20-29(31)35-27-18-8-9-19-28(27)36-30-21-11-15-25-34(30)45(39(36)37(35)42(41,3)4)40-38(26-16-6-5-7-17-26)43-32-23-13-14-24-33(32)44-40/h5-25H,1-4H3. The molecule has 0 spiro atoms. The second-order valence-corrected chi connectivity index (χ2v) is 13.4. The van der Waals surface area contributed by atoms with E-state index in [2.05, 4.69) is 148 Å². The average Bonchev–Trinajstić information content (AvgIpc) is 3.42. The highest BCUT2D eigenvalue weighted by Crippen LogP contribution is 2.59. The van der Waals surface area contributed by atoms with Crippen molar-refractivity contribution in [2.75, 3.05) is 0 Å². The third kappa shape index (κ3) is 3.41. The lowest BCUT2D eigenvalue weighted by atomic mass is 9.54. The van der Waals surface area contributed by atoms with Crippen molar-refractivity contribution in [3.05, 3.63) is 139 Å². The van der Waals surface area contributed by atoms with Gasteiger partial charge in [-0.2, -0.15) is 0 Å². The highest BCUT2D eigenvalue weighted by Gasteiger charge is 2.48. The molecule has 0 unspecified atom stereocenters. The number of para-hydroxylation sites is 3. The molecule has 6 aromatic carbocycles. The Labute approximate surface area is 262 Å². The van der Waals surface area contributed by atoms with Crippen LogP contribution in [0.4, 0.5) is 0 Å². The van der Waals surface area contributed by atoms with Gasteiger partial charge in [0.05, 0.1) is 22.1 Å². The van der Waals surface area contributed by atoms with Crippen LogP contribution in [0, 0.1) is 0 Å². The van der Waals surface area contributed by atoms with Gasteiger partial charge >= 0.3 is 0 Å². The lowest BCUT2D eigenvalue weighted by Gasteiger charge is -2.49. The van der Waals surface area contributed by atoms with Crippen LogP contribution in [0.25, 0.3) is 71.8 Å². The molecule has 3 nitrogen and oxygen atoms in total. The summed E-state index contributed by atoms with van der Waals surface area (Å²) in [6, 6.07) is 45.6. The molecule has 1 aliphatic carbocycles. The predicted octanol–water partition coefficient (Wildman–Crippen LogP) is 10.8. The van der Waals surface area contributed by atoms with Crippen molar-refractivity contribution < 1.29 is 0 Å². The van der Waals surface area contributed by atoms with Crippen molar-refractivity contribution in [3.8, 4) is 28.2 Å². The molecule has 3 heteroatoms. The first-order valence-electron chi connectivity index (χ1n) is 15.8. The summed E-state index contributed by atoms with van der Waals surface area (Å²) in [6.45, 7) is 9.69. The van der Waals surface area contributed by atoms with Crippen LogP contribution in [0.5, 0.6) is 0 Å². The third-order valence-corrected chi connectivity index (χ3v) is 10.7. The molecule has 9 rings (SSSR count). The number of hydrogen-bond acceptors (Lipinski definition) is 2. The van der Waals surface area contributed by atoms with Gasteiger partial charge < -0.3 is 0 Å². The van der Waals surface area contributed by atoms with Gasteiger partial charge in [-0.25, -0.2) is 9.97 Å². The van der Waals surface area contributed by atoms with Gasteiger partial charge in [0.25, 0.3) is 0 Å². The van der Waals surface area contributed by atoms with Crippen LogP contribution in [0.2, 0.25) is 0 Å². The van der Waals surface area contributed by atoms with Gasteiger partial charge in [0, 0.05) is 21.8 Å². The molecule has 0 bridgehead atoms. The van der Waals surface area contributed by atoms with Crippen molar-refractivity contribution in [1.82, 2.24) is 14.5 Å². The van der Waals surface area contributed by atoms with Gasteiger partial charge in [-0.15, -0.1) is 0 Å². The molecule has 0 N–H and O–H groups in total. The van der Waals surface area contributed by atoms with Gasteiger partial charge in [0.15, 0.2) is 5.82 Å².